The summed E-state index contributed by atoms with van der Waals surface area (Å²) >= 11 is 0. The lowest BCUT2D eigenvalue weighted by Gasteiger charge is -2.28. The van der Waals surface area contributed by atoms with Crippen molar-refractivity contribution in [2.75, 3.05) is 19.6 Å². The van der Waals surface area contributed by atoms with E-state index in [0.717, 1.165) is 17.7 Å². The molecule has 2 atom stereocenters. The molecule has 1 aromatic carbocycles. The summed E-state index contributed by atoms with van der Waals surface area (Å²) in [7, 11) is -3.70. The molecular weight excluding hydrogens is 395 g/mol. The van der Waals surface area contributed by atoms with Gasteiger partial charge in [0.1, 0.15) is 5.60 Å². The summed E-state index contributed by atoms with van der Waals surface area (Å²) in [5.74, 6) is 0.261. The van der Waals surface area contributed by atoms with Crippen molar-refractivity contribution in [2.24, 2.45) is 0 Å². The first kappa shape index (κ1) is 19.3. The number of ether oxygens (including phenoxy) is 1. The lowest BCUT2D eigenvalue weighted by atomic mass is 10.0. The molecule has 1 saturated heterocycles. The number of nitrogens with zero attached hydrogens (tertiary/aromatic N) is 2. The summed E-state index contributed by atoms with van der Waals surface area (Å²) in [6.45, 7) is 1.67. The molecule has 0 aliphatic carbocycles. The largest absolute Gasteiger partial charge is 0.593 e. The number of halogens is 3. The van der Waals surface area contributed by atoms with Crippen molar-refractivity contribution in [2.45, 2.75) is 29.6 Å². The molecule has 0 amide bonds. The topological polar surface area (TPSA) is 77.5 Å². The highest BCUT2D eigenvalue weighted by molar-refractivity contribution is 7.95. The maximum atomic E-state index is 12.7. The number of aromatic nitrogens is 1. The van der Waals surface area contributed by atoms with Crippen LogP contribution in [0.25, 0.3) is 0 Å². The van der Waals surface area contributed by atoms with Crippen LogP contribution in [-0.2, 0) is 27.3 Å². The standard InChI is InChI=1S/C18H18F3N3O3S/c19-18(20,21)14-3-1-13(2-4-14)10-24-8-6-17(12-24)11-23-28(25,26)16-9-22-7-5-15(16)27-17/h1-5,7,9H,6,8,10-12H2,(H-,23,25,26). The van der Waals surface area contributed by atoms with E-state index in [-0.39, 0.29) is 17.2 Å². The van der Waals surface area contributed by atoms with Gasteiger partial charge < -0.3 is 9.29 Å². The average molecular weight is 413 g/mol. The Kier molecular flexibility index (Phi) is 4.69. The number of pyridine rings is 1. The van der Waals surface area contributed by atoms with Gasteiger partial charge in [0.2, 0.25) is 4.90 Å². The maximum Gasteiger partial charge on any atom is 0.416 e. The molecule has 6 nitrogen and oxygen atoms in total. The zero-order valence-corrected chi connectivity index (χ0v) is 15.6. The van der Waals surface area contributed by atoms with Crippen LogP contribution < -0.4 is 9.46 Å². The van der Waals surface area contributed by atoms with E-state index in [2.05, 4.69) is 9.71 Å². The smallest absolute Gasteiger partial charge is 0.416 e. The number of nitrogens with one attached hydrogen (secondary N) is 1. The van der Waals surface area contributed by atoms with Gasteiger partial charge >= 0.3 is 6.18 Å². The highest BCUT2D eigenvalue weighted by Crippen LogP contribution is 2.36. The molecule has 2 unspecified atom stereocenters. The second-order valence-electron chi connectivity index (χ2n) is 7.09. The first-order valence-electron chi connectivity index (χ1n) is 8.68. The van der Waals surface area contributed by atoms with Gasteiger partial charge in [-0.1, -0.05) is 16.3 Å². The van der Waals surface area contributed by atoms with Gasteiger partial charge in [-0.25, -0.2) is 0 Å². The average Bonchev–Trinajstić information content (AvgIpc) is 2.98. The second kappa shape index (κ2) is 6.80. The minimum Gasteiger partial charge on any atom is -0.593 e. The number of hydrogen-bond acceptors (Lipinski definition) is 5. The van der Waals surface area contributed by atoms with E-state index in [4.69, 9.17) is 4.74 Å². The fourth-order valence-electron chi connectivity index (χ4n) is 3.57. The molecule has 2 aliphatic rings. The van der Waals surface area contributed by atoms with Crippen LogP contribution in [0.15, 0.2) is 47.6 Å². The van der Waals surface area contributed by atoms with Crippen molar-refractivity contribution in [3.05, 3.63) is 53.9 Å². The van der Waals surface area contributed by atoms with Gasteiger partial charge in [0.15, 0.2) is 16.1 Å². The highest BCUT2D eigenvalue weighted by Gasteiger charge is 2.46. The Bertz CT molecular complexity index is 922. The van der Waals surface area contributed by atoms with Crippen LogP contribution in [0.5, 0.6) is 5.75 Å². The number of likely N-dealkylation sites (tertiary alicyclic amines) is 1. The van der Waals surface area contributed by atoms with Crippen molar-refractivity contribution in [1.82, 2.24) is 14.6 Å². The Labute approximate surface area is 161 Å². The van der Waals surface area contributed by atoms with Crippen LogP contribution >= 0.6 is 0 Å². The molecule has 1 spiro atoms. The molecule has 28 heavy (non-hydrogen) atoms. The first-order chi connectivity index (χ1) is 13.2. The van der Waals surface area contributed by atoms with Gasteiger partial charge in [-0.3, -0.25) is 9.88 Å². The predicted molar refractivity (Wildman–Crippen MR) is 94.0 cm³/mol. The van der Waals surface area contributed by atoms with Crippen molar-refractivity contribution in [3.63, 3.8) is 0 Å². The van der Waals surface area contributed by atoms with E-state index in [1.165, 1.54) is 30.6 Å². The number of sulfonamides is 1. The van der Waals surface area contributed by atoms with Gasteiger partial charge in [0, 0.05) is 38.3 Å². The van der Waals surface area contributed by atoms with Crippen LogP contribution in [0, 0.1) is 0 Å². The Morgan fingerprint density at radius 3 is 2.75 bits per heavy atom. The SMILES string of the molecule is O=[S+]1([O-])NCC2(CCN(Cc3ccc(C(F)(F)F)cc3)C2)Oc2ccncc21. The lowest BCUT2D eigenvalue weighted by molar-refractivity contribution is -0.137. The third-order valence-corrected chi connectivity index (χ3v) is 6.44. The van der Waals surface area contributed by atoms with Crippen molar-refractivity contribution >= 4 is 10.4 Å². The molecule has 4 rings (SSSR count). The molecule has 2 aliphatic heterocycles. The van der Waals surface area contributed by atoms with Crippen LogP contribution in [0.3, 0.4) is 0 Å². The number of rotatable bonds is 2. The fourth-order valence-corrected chi connectivity index (χ4v) is 4.76. The highest BCUT2D eigenvalue weighted by atomic mass is 32.3. The Balaban J connectivity index is 1.49. The number of benzene rings is 1. The molecule has 150 valence electrons. The first-order valence-corrected chi connectivity index (χ1v) is 10.2. The number of hydrogen-bond donors (Lipinski definition) is 1. The van der Waals surface area contributed by atoms with Crippen molar-refractivity contribution in [1.29, 1.82) is 0 Å². The molecule has 1 aromatic heterocycles. The second-order valence-corrected chi connectivity index (χ2v) is 8.82. The van der Waals surface area contributed by atoms with Crippen LogP contribution in [0.4, 0.5) is 13.2 Å². The number of fused-ring (bicyclic) bond motifs is 1. The van der Waals surface area contributed by atoms with E-state index in [9.17, 15) is 21.9 Å². The van der Waals surface area contributed by atoms with Gasteiger partial charge in [-0.2, -0.15) is 13.2 Å². The summed E-state index contributed by atoms with van der Waals surface area (Å²) in [5, 5.41) is 0. The zero-order valence-electron chi connectivity index (χ0n) is 14.7. The van der Waals surface area contributed by atoms with Crippen LogP contribution in [0.2, 0.25) is 0 Å². The van der Waals surface area contributed by atoms with Crippen LogP contribution in [-0.4, -0.2) is 39.7 Å². The van der Waals surface area contributed by atoms with E-state index < -0.39 is 27.7 Å². The molecule has 0 radical (unpaired) electrons. The minimum absolute atomic E-state index is 0.00747. The molecule has 3 heterocycles. The molecular formula is C18H18F3N3O3S. The van der Waals surface area contributed by atoms with E-state index in [1.807, 2.05) is 4.90 Å². The third kappa shape index (κ3) is 3.77. The molecule has 0 bridgehead atoms. The Morgan fingerprint density at radius 1 is 1.29 bits per heavy atom. The quantitative estimate of drug-likeness (QED) is 0.766. The summed E-state index contributed by atoms with van der Waals surface area (Å²) in [6, 6.07) is 6.60. The lowest BCUT2D eigenvalue weighted by Crippen LogP contribution is -2.48. The molecule has 1 fully saturated rings. The Morgan fingerprint density at radius 2 is 2.04 bits per heavy atom. The monoisotopic (exact) mass is 413 g/mol. The number of alkyl halides is 3. The molecule has 10 heteroatoms. The summed E-state index contributed by atoms with van der Waals surface area (Å²) in [5.41, 5.74) is -0.657. The van der Waals surface area contributed by atoms with E-state index in [0.29, 0.717) is 26.1 Å². The zero-order chi connectivity index (χ0) is 20.0. The van der Waals surface area contributed by atoms with Gasteiger partial charge in [0.05, 0.1) is 18.3 Å². The minimum atomic E-state index is -4.36. The summed E-state index contributed by atoms with van der Waals surface area (Å²) in [4.78, 5) is 5.91. The van der Waals surface area contributed by atoms with Crippen molar-refractivity contribution < 1.29 is 26.7 Å². The fraction of sp³-hybridized carbons (Fsp3) is 0.389. The third-order valence-electron chi connectivity index (χ3n) is 5.03. The van der Waals surface area contributed by atoms with Crippen molar-refractivity contribution in [3.8, 4) is 5.75 Å². The molecule has 2 aromatic rings. The van der Waals surface area contributed by atoms with Gasteiger partial charge in [-0.05, 0) is 17.7 Å². The van der Waals surface area contributed by atoms with E-state index in [1.54, 1.807) is 0 Å². The Hall–Kier alpha value is -2.01. The van der Waals surface area contributed by atoms with E-state index >= 15 is 0 Å². The molecule has 1 N–H and O–H groups in total. The summed E-state index contributed by atoms with van der Waals surface area (Å²) < 4.78 is 71.5. The van der Waals surface area contributed by atoms with Gasteiger partial charge in [-0.15, -0.1) is 4.72 Å². The summed E-state index contributed by atoms with van der Waals surface area (Å²) in [6.07, 6.45) is -1.03. The van der Waals surface area contributed by atoms with Crippen LogP contribution in [0.1, 0.15) is 17.5 Å². The molecule has 0 saturated carbocycles. The normalized spacial score (nSPS) is 28.0. The maximum absolute atomic E-state index is 12.7. The van der Waals surface area contributed by atoms with Gasteiger partial charge in [0.25, 0.3) is 0 Å². The predicted octanol–water partition coefficient (Wildman–Crippen LogP) is 2.63.